The Bertz CT molecular complexity index is 194. The van der Waals surface area contributed by atoms with Gasteiger partial charge in [0.2, 0.25) is 0 Å². The van der Waals surface area contributed by atoms with E-state index in [0.29, 0.717) is 0 Å². The van der Waals surface area contributed by atoms with E-state index in [2.05, 4.69) is 32.8 Å². The highest BCUT2D eigenvalue weighted by molar-refractivity contribution is 9.09. The van der Waals surface area contributed by atoms with Gasteiger partial charge in [0.05, 0.1) is 0 Å². The highest BCUT2D eigenvalue weighted by Gasteiger charge is 1.93. The molecular formula is C11H17BrS. The lowest BCUT2D eigenvalue weighted by Crippen LogP contribution is -1.83. The number of unbranched alkanes of at least 4 members (excludes halogenated alkanes) is 4. The van der Waals surface area contributed by atoms with Crippen LogP contribution in [-0.2, 0) is 6.42 Å². The minimum atomic E-state index is 1.16. The molecule has 1 aromatic rings. The Kier molecular flexibility index (Phi) is 6.56. The minimum absolute atomic E-state index is 1.16. The summed E-state index contributed by atoms with van der Waals surface area (Å²) in [5.74, 6) is 0. The fourth-order valence-corrected chi connectivity index (χ4v) is 2.49. The third-order valence-corrected chi connectivity index (χ3v) is 3.47. The van der Waals surface area contributed by atoms with Crippen LogP contribution in [0.1, 0.15) is 37.7 Å². The normalized spacial score (nSPS) is 10.5. The smallest absolute Gasteiger partial charge is 0.00313 e. The van der Waals surface area contributed by atoms with Crippen LogP contribution in [0.4, 0.5) is 0 Å². The Hall–Kier alpha value is 0.180. The van der Waals surface area contributed by atoms with Gasteiger partial charge in [-0.2, -0.15) is 11.3 Å². The largest absolute Gasteiger partial charge is 0.152 e. The molecule has 0 aliphatic heterocycles. The second-order valence-corrected chi connectivity index (χ2v) is 4.91. The average molecular weight is 261 g/mol. The van der Waals surface area contributed by atoms with Gasteiger partial charge in [-0.1, -0.05) is 35.2 Å². The molecule has 0 fully saturated rings. The van der Waals surface area contributed by atoms with Crippen LogP contribution >= 0.6 is 27.3 Å². The molecule has 0 spiro atoms. The third-order valence-electron chi connectivity index (χ3n) is 2.18. The molecule has 0 aliphatic rings. The molecule has 0 atom stereocenters. The summed E-state index contributed by atoms with van der Waals surface area (Å²) in [6.45, 7) is 0. The Balaban J connectivity index is 1.90. The van der Waals surface area contributed by atoms with Crippen molar-refractivity contribution in [3.05, 3.63) is 22.4 Å². The molecule has 0 nitrogen and oxygen atoms in total. The molecule has 0 aromatic carbocycles. The maximum absolute atomic E-state index is 3.45. The van der Waals surface area contributed by atoms with Crippen LogP contribution in [0, 0.1) is 0 Å². The van der Waals surface area contributed by atoms with E-state index in [1.807, 2.05) is 0 Å². The highest BCUT2D eigenvalue weighted by atomic mass is 79.9. The second kappa shape index (κ2) is 7.57. The van der Waals surface area contributed by atoms with Gasteiger partial charge < -0.3 is 0 Å². The quantitative estimate of drug-likeness (QED) is 0.495. The molecule has 1 rings (SSSR count). The first-order chi connectivity index (χ1) is 6.43. The molecule has 13 heavy (non-hydrogen) atoms. The van der Waals surface area contributed by atoms with E-state index in [0.717, 1.165) is 5.33 Å². The zero-order chi connectivity index (χ0) is 9.36. The number of hydrogen-bond acceptors (Lipinski definition) is 1. The van der Waals surface area contributed by atoms with Crippen LogP contribution < -0.4 is 0 Å². The van der Waals surface area contributed by atoms with Gasteiger partial charge in [-0.3, -0.25) is 0 Å². The lowest BCUT2D eigenvalue weighted by atomic mass is 10.1. The number of hydrogen-bond donors (Lipinski definition) is 0. The summed E-state index contributed by atoms with van der Waals surface area (Å²) in [6.07, 6.45) is 8.14. The summed E-state index contributed by atoms with van der Waals surface area (Å²) < 4.78 is 0. The van der Waals surface area contributed by atoms with Gasteiger partial charge in [-0.25, -0.2) is 0 Å². The summed E-state index contributed by atoms with van der Waals surface area (Å²) >= 11 is 5.26. The monoisotopic (exact) mass is 260 g/mol. The number of aryl methyl sites for hydroxylation is 1. The SMILES string of the molecule is BrCCCCCCCc1ccsc1. The summed E-state index contributed by atoms with van der Waals surface area (Å²) in [5, 5.41) is 5.59. The van der Waals surface area contributed by atoms with Gasteiger partial charge in [0, 0.05) is 5.33 Å². The zero-order valence-electron chi connectivity index (χ0n) is 7.97. The van der Waals surface area contributed by atoms with Gasteiger partial charge in [-0.15, -0.1) is 0 Å². The molecule has 0 saturated carbocycles. The van der Waals surface area contributed by atoms with E-state index in [4.69, 9.17) is 0 Å². The molecule has 0 N–H and O–H groups in total. The van der Waals surface area contributed by atoms with Crippen molar-refractivity contribution in [2.75, 3.05) is 5.33 Å². The Morgan fingerprint density at radius 1 is 1.08 bits per heavy atom. The third kappa shape index (κ3) is 5.48. The van der Waals surface area contributed by atoms with Crippen molar-refractivity contribution in [2.45, 2.75) is 38.5 Å². The first kappa shape index (κ1) is 11.3. The van der Waals surface area contributed by atoms with Gasteiger partial charge in [-0.05, 0) is 41.7 Å². The molecule has 0 saturated heterocycles. The predicted octanol–water partition coefficient (Wildman–Crippen LogP) is 4.64. The fourth-order valence-electron chi connectivity index (χ4n) is 1.39. The maximum Gasteiger partial charge on any atom is 0.00313 e. The molecule has 74 valence electrons. The van der Waals surface area contributed by atoms with Gasteiger partial charge >= 0.3 is 0 Å². The van der Waals surface area contributed by atoms with Crippen LogP contribution in [-0.4, -0.2) is 5.33 Å². The second-order valence-electron chi connectivity index (χ2n) is 3.34. The molecule has 0 bridgehead atoms. The maximum atomic E-state index is 3.45. The molecule has 0 aliphatic carbocycles. The standard InChI is InChI=1S/C11H17BrS/c12-8-5-3-1-2-4-6-11-7-9-13-10-11/h7,9-10H,1-6,8H2. The van der Waals surface area contributed by atoms with E-state index in [1.165, 1.54) is 44.1 Å². The van der Waals surface area contributed by atoms with Crippen LogP contribution in [0.2, 0.25) is 0 Å². The predicted molar refractivity (Wildman–Crippen MR) is 64.9 cm³/mol. The molecule has 1 heterocycles. The first-order valence-electron chi connectivity index (χ1n) is 5.00. The summed E-state index contributed by atoms with van der Waals surface area (Å²) in [4.78, 5) is 0. The highest BCUT2D eigenvalue weighted by Crippen LogP contribution is 2.11. The number of halogens is 1. The van der Waals surface area contributed by atoms with Gasteiger partial charge in [0.25, 0.3) is 0 Å². The van der Waals surface area contributed by atoms with Gasteiger partial charge in [0.1, 0.15) is 0 Å². The van der Waals surface area contributed by atoms with Crippen LogP contribution in [0.5, 0.6) is 0 Å². The van der Waals surface area contributed by atoms with E-state index in [1.54, 1.807) is 11.3 Å². The Morgan fingerprint density at radius 2 is 1.85 bits per heavy atom. The molecule has 0 unspecified atom stereocenters. The zero-order valence-corrected chi connectivity index (χ0v) is 10.4. The molecule has 2 heteroatoms. The molecule has 1 aromatic heterocycles. The average Bonchev–Trinajstić information content (AvgIpc) is 2.63. The van der Waals surface area contributed by atoms with E-state index < -0.39 is 0 Å². The molecule has 0 radical (unpaired) electrons. The van der Waals surface area contributed by atoms with Crippen molar-refractivity contribution < 1.29 is 0 Å². The first-order valence-corrected chi connectivity index (χ1v) is 7.07. The van der Waals surface area contributed by atoms with Gasteiger partial charge in [0.15, 0.2) is 0 Å². The summed E-state index contributed by atoms with van der Waals surface area (Å²) in [5.41, 5.74) is 1.52. The fraction of sp³-hybridized carbons (Fsp3) is 0.636. The Labute approximate surface area is 93.5 Å². The van der Waals surface area contributed by atoms with Crippen LogP contribution in [0.25, 0.3) is 0 Å². The van der Waals surface area contributed by atoms with Crippen LogP contribution in [0.15, 0.2) is 16.8 Å². The number of alkyl halides is 1. The van der Waals surface area contributed by atoms with Crippen molar-refractivity contribution >= 4 is 27.3 Å². The van der Waals surface area contributed by atoms with E-state index in [9.17, 15) is 0 Å². The van der Waals surface area contributed by atoms with Crippen molar-refractivity contribution in [1.82, 2.24) is 0 Å². The lowest BCUT2D eigenvalue weighted by molar-refractivity contribution is 0.636. The summed E-state index contributed by atoms with van der Waals surface area (Å²) in [6, 6.07) is 2.24. The van der Waals surface area contributed by atoms with E-state index in [-0.39, 0.29) is 0 Å². The molecule has 0 amide bonds. The van der Waals surface area contributed by atoms with Crippen molar-refractivity contribution in [3.63, 3.8) is 0 Å². The van der Waals surface area contributed by atoms with Crippen molar-refractivity contribution in [1.29, 1.82) is 0 Å². The molecular weight excluding hydrogens is 244 g/mol. The Morgan fingerprint density at radius 3 is 2.54 bits per heavy atom. The summed E-state index contributed by atoms with van der Waals surface area (Å²) in [7, 11) is 0. The number of rotatable bonds is 7. The van der Waals surface area contributed by atoms with Crippen LogP contribution in [0.3, 0.4) is 0 Å². The lowest BCUT2D eigenvalue weighted by Gasteiger charge is -1.98. The topological polar surface area (TPSA) is 0 Å². The number of thiophene rings is 1. The van der Waals surface area contributed by atoms with Crippen molar-refractivity contribution in [3.8, 4) is 0 Å². The van der Waals surface area contributed by atoms with E-state index >= 15 is 0 Å². The minimum Gasteiger partial charge on any atom is -0.152 e. The van der Waals surface area contributed by atoms with Crippen molar-refractivity contribution in [2.24, 2.45) is 0 Å².